The minimum atomic E-state index is -0.461. The zero-order valence-electron chi connectivity index (χ0n) is 10.7. The Labute approximate surface area is 135 Å². The van der Waals surface area contributed by atoms with Crippen LogP contribution in [0.5, 0.6) is 0 Å². The second kappa shape index (κ2) is 7.02. The topological polar surface area (TPSA) is 55.1 Å². The van der Waals surface area contributed by atoms with Crippen LogP contribution in [0.4, 0.5) is 15.8 Å². The van der Waals surface area contributed by atoms with Crippen LogP contribution in [0.3, 0.4) is 0 Å². The van der Waals surface area contributed by atoms with Gasteiger partial charge in [0.25, 0.3) is 0 Å². The Balaban J connectivity index is 1.95. The number of hydrogen-bond donors (Lipinski definition) is 2. The Kier molecular flexibility index (Phi) is 5.33. The minimum absolute atomic E-state index is 0.147. The molecule has 0 bridgehead atoms. The van der Waals surface area contributed by atoms with E-state index in [-0.39, 0.29) is 17.3 Å². The molecular weight excluding hydrogens is 334 g/mol. The summed E-state index contributed by atoms with van der Waals surface area (Å²) in [5.74, 6) is -0.603. The van der Waals surface area contributed by atoms with Crippen molar-refractivity contribution >= 4 is 52.2 Å². The predicted molar refractivity (Wildman–Crippen MR) is 86.6 cm³/mol. The van der Waals surface area contributed by atoms with E-state index in [1.165, 1.54) is 30.0 Å². The molecule has 2 rings (SSSR count). The van der Waals surface area contributed by atoms with E-state index >= 15 is 0 Å². The SMILES string of the molecule is Nc1ccc(F)cc1NC(=O)CSc1ccc(Cl)c(Cl)c1. The van der Waals surface area contributed by atoms with Crippen molar-refractivity contribution < 1.29 is 9.18 Å². The summed E-state index contributed by atoms with van der Waals surface area (Å²) in [6.07, 6.45) is 0. The average Bonchev–Trinajstić information content (AvgIpc) is 2.44. The van der Waals surface area contributed by atoms with Crippen molar-refractivity contribution in [2.45, 2.75) is 4.90 Å². The maximum atomic E-state index is 13.1. The van der Waals surface area contributed by atoms with Gasteiger partial charge in [0.2, 0.25) is 5.91 Å². The molecule has 0 atom stereocenters. The Bertz CT molecular complexity index is 682. The quantitative estimate of drug-likeness (QED) is 0.636. The number of rotatable bonds is 4. The number of amides is 1. The van der Waals surface area contributed by atoms with Crippen LogP contribution in [0.25, 0.3) is 0 Å². The maximum Gasteiger partial charge on any atom is 0.234 e. The summed E-state index contributed by atoms with van der Waals surface area (Å²) >= 11 is 13.0. The minimum Gasteiger partial charge on any atom is -0.397 e. The monoisotopic (exact) mass is 344 g/mol. The van der Waals surface area contributed by atoms with E-state index in [1.54, 1.807) is 18.2 Å². The Morgan fingerprint density at radius 2 is 1.95 bits per heavy atom. The third kappa shape index (κ3) is 4.52. The standard InChI is InChI=1S/C14H11Cl2FN2OS/c15-10-3-2-9(6-11(10)16)21-7-14(20)19-13-5-8(17)1-4-12(13)18/h1-6H,7,18H2,(H,19,20). The van der Waals surface area contributed by atoms with E-state index in [4.69, 9.17) is 28.9 Å². The van der Waals surface area contributed by atoms with Crippen molar-refractivity contribution in [1.29, 1.82) is 0 Å². The molecule has 0 unspecified atom stereocenters. The summed E-state index contributed by atoms with van der Waals surface area (Å²) in [6.45, 7) is 0. The van der Waals surface area contributed by atoms with Crippen LogP contribution in [0.15, 0.2) is 41.3 Å². The zero-order chi connectivity index (χ0) is 15.4. The van der Waals surface area contributed by atoms with Crippen LogP contribution in [0, 0.1) is 5.82 Å². The number of hydrogen-bond acceptors (Lipinski definition) is 3. The number of halogens is 3. The van der Waals surface area contributed by atoms with Gasteiger partial charge in [0.1, 0.15) is 5.82 Å². The number of nitrogens with one attached hydrogen (secondary N) is 1. The van der Waals surface area contributed by atoms with E-state index in [9.17, 15) is 9.18 Å². The molecule has 0 saturated heterocycles. The molecule has 0 spiro atoms. The number of nitrogen functional groups attached to an aromatic ring is 1. The molecule has 0 radical (unpaired) electrons. The molecule has 2 aromatic carbocycles. The van der Waals surface area contributed by atoms with Crippen molar-refractivity contribution in [3.05, 3.63) is 52.3 Å². The van der Waals surface area contributed by atoms with Crippen molar-refractivity contribution in [1.82, 2.24) is 0 Å². The fourth-order valence-corrected chi connectivity index (χ4v) is 2.64. The Morgan fingerprint density at radius 1 is 1.19 bits per heavy atom. The summed E-state index contributed by atoms with van der Waals surface area (Å²) in [5, 5.41) is 3.45. The van der Waals surface area contributed by atoms with Crippen LogP contribution in [-0.4, -0.2) is 11.7 Å². The number of carbonyl (C=O) groups is 1. The van der Waals surface area contributed by atoms with E-state index in [1.807, 2.05) is 0 Å². The number of anilines is 2. The lowest BCUT2D eigenvalue weighted by atomic mass is 10.2. The molecule has 0 aliphatic rings. The molecule has 0 aliphatic carbocycles. The largest absolute Gasteiger partial charge is 0.397 e. The molecule has 0 aliphatic heterocycles. The molecule has 2 aromatic rings. The van der Waals surface area contributed by atoms with Crippen LogP contribution in [0.1, 0.15) is 0 Å². The lowest BCUT2D eigenvalue weighted by Gasteiger charge is -2.08. The molecule has 110 valence electrons. The van der Waals surface area contributed by atoms with Crippen LogP contribution < -0.4 is 11.1 Å². The van der Waals surface area contributed by atoms with Crippen molar-refractivity contribution in [2.75, 3.05) is 16.8 Å². The first kappa shape index (κ1) is 15.9. The van der Waals surface area contributed by atoms with Gasteiger partial charge in [0, 0.05) is 4.90 Å². The lowest BCUT2D eigenvalue weighted by Crippen LogP contribution is -2.15. The van der Waals surface area contributed by atoms with Gasteiger partial charge in [-0.2, -0.15) is 0 Å². The van der Waals surface area contributed by atoms with Crippen molar-refractivity contribution in [3.63, 3.8) is 0 Å². The fourth-order valence-electron chi connectivity index (χ4n) is 1.54. The Hall–Kier alpha value is -1.43. The number of nitrogens with two attached hydrogens (primary N) is 1. The van der Waals surface area contributed by atoms with Gasteiger partial charge in [-0.05, 0) is 36.4 Å². The highest BCUT2D eigenvalue weighted by molar-refractivity contribution is 8.00. The van der Waals surface area contributed by atoms with Gasteiger partial charge >= 0.3 is 0 Å². The molecule has 3 nitrogen and oxygen atoms in total. The summed E-state index contributed by atoms with van der Waals surface area (Å²) in [5.41, 5.74) is 6.23. The first-order valence-electron chi connectivity index (χ1n) is 5.88. The van der Waals surface area contributed by atoms with Gasteiger partial charge in [0.15, 0.2) is 0 Å². The summed E-state index contributed by atoms with van der Waals surface area (Å²) in [7, 11) is 0. The molecule has 0 saturated carbocycles. The lowest BCUT2D eigenvalue weighted by molar-refractivity contribution is -0.113. The molecule has 0 heterocycles. The highest BCUT2D eigenvalue weighted by atomic mass is 35.5. The molecular formula is C14H11Cl2FN2OS. The molecule has 0 fully saturated rings. The highest BCUT2D eigenvalue weighted by Crippen LogP contribution is 2.28. The summed E-state index contributed by atoms with van der Waals surface area (Å²) < 4.78 is 13.1. The van der Waals surface area contributed by atoms with E-state index in [0.29, 0.717) is 15.7 Å². The smallest absolute Gasteiger partial charge is 0.234 e. The van der Waals surface area contributed by atoms with Gasteiger partial charge < -0.3 is 11.1 Å². The first-order chi connectivity index (χ1) is 9.95. The second-order valence-electron chi connectivity index (χ2n) is 4.14. The molecule has 0 aromatic heterocycles. The first-order valence-corrected chi connectivity index (χ1v) is 7.62. The average molecular weight is 345 g/mol. The van der Waals surface area contributed by atoms with E-state index < -0.39 is 5.82 Å². The van der Waals surface area contributed by atoms with E-state index in [0.717, 1.165) is 4.90 Å². The second-order valence-corrected chi connectivity index (χ2v) is 6.01. The fraction of sp³-hybridized carbons (Fsp3) is 0.0714. The van der Waals surface area contributed by atoms with Crippen molar-refractivity contribution in [2.24, 2.45) is 0 Å². The molecule has 21 heavy (non-hydrogen) atoms. The van der Waals surface area contributed by atoms with Gasteiger partial charge in [-0.25, -0.2) is 4.39 Å². The summed E-state index contributed by atoms with van der Waals surface area (Å²) in [4.78, 5) is 12.6. The number of benzene rings is 2. The molecule has 3 N–H and O–H groups in total. The molecule has 7 heteroatoms. The van der Waals surface area contributed by atoms with Crippen LogP contribution in [0.2, 0.25) is 10.0 Å². The van der Waals surface area contributed by atoms with Gasteiger partial charge in [-0.3, -0.25) is 4.79 Å². The maximum absolute atomic E-state index is 13.1. The third-order valence-electron chi connectivity index (χ3n) is 2.55. The number of carbonyl (C=O) groups excluding carboxylic acids is 1. The molecule has 1 amide bonds. The van der Waals surface area contributed by atoms with Crippen molar-refractivity contribution in [3.8, 4) is 0 Å². The van der Waals surface area contributed by atoms with Crippen LogP contribution >= 0.6 is 35.0 Å². The third-order valence-corrected chi connectivity index (χ3v) is 4.28. The van der Waals surface area contributed by atoms with Crippen LogP contribution in [-0.2, 0) is 4.79 Å². The van der Waals surface area contributed by atoms with E-state index in [2.05, 4.69) is 5.32 Å². The number of thioether (sulfide) groups is 1. The zero-order valence-corrected chi connectivity index (χ0v) is 13.0. The summed E-state index contributed by atoms with van der Waals surface area (Å²) in [6, 6.07) is 8.92. The normalized spacial score (nSPS) is 10.4. The van der Waals surface area contributed by atoms with Gasteiger partial charge in [-0.15, -0.1) is 11.8 Å². The predicted octanol–water partition coefficient (Wildman–Crippen LogP) is 4.45. The highest BCUT2D eigenvalue weighted by Gasteiger charge is 2.08. The van der Waals surface area contributed by atoms with Gasteiger partial charge in [-0.1, -0.05) is 23.2 Å². The van der Waals surface area contributed by atoms with Gasteiger partial charge in [0.05, 0.1) is 27.2 Å². The Morgan fingerprint density at radius 3 is 2.67 bits per heavy atom.